The summed E-state index contributed by atoms with van der Waals surface area (Å²) in [6, 6.07) is 15.0. The second-order valence-corrected chi connectivity index (χ2v) is 8.22. The van der Waals surface area contributed by atoms with Crippen LogP contribution < -0.4 is 4.90 Å². The van der Waals surface area contributed by atoms with Crippen LogP contribution in [0, 0.1) is 20.8 Å². The van der Waals surface area contributed by atoms with Crippen molar-refractivity contribution in [3.05, 3.63) is 69.8 Å². The molecule has 0 unspecified atom stereocenters. The Kier molecular flexibility index (Phi) is 5.09. The summed E-state index contributed by atoms with van der Waals surface area (Å²) >= 11 is 7.91. The second-order valence-electron chi connectivity index (χ2n) is 7.03. The Labute approximate surface area is 174 Å². The van der Waals surface area contributed by atoms with Gasteiger partial charge < -0.3 is 4.90 Å². The van der Waals surface area contributed by atoms with E-state index in [1.165, 1.54) is 22.3 Å². The normalized spacial score (nSPS) is 11.2. The maximum atomic E-state index is 6.30. The first kappa shape index (κ1) is 18.9. The highest BCUT2D eigenvalue weighted by Gasteiger charge is 2.20. The van der Waals surface area contributed by atoms with Crippen molar-refractivity contribution in [1.82, 2.24) is 9.97 Å². The van der Waals surface area contributed by atoms with Gasteiger partial charge in [0.15, 0.2) is 0 Å². The molecule has 0 spiro atoms. The number of nitrogens with zero attached hydrogens (tertiary/aromatic N) is 3. The molecule has 2 aromatic carbocycles. The van der Waals surface area contributed by atoms with Gasteiger partial charge in [0.25, 0.3) is 0 Å². The number of anilines is 2. The van der Waals surface area contributed by atoms with Crippen molar-refractivity contribution >= 4 is 44.7 Å². The maximum Gasteiger partial charge on any atom is 0.225 e. The van der Waals surface area contributed by atoms with Crippen LogP contribution in [0.3, 0.4) is 0 Å². The van der Waals surface area contributed by atoms with Gasteiger partial charge in [0, 0.05) is 23.2 Å². The smallest absolute Gasteiger partial charge is 0.225 e. The lowest BCUT2D eigenvalue weighted by Crippen LogP contribution is -2.18. The number of hydrogen-bond donors (Lipinski definition) is 0. The van der Waals surface area contributed by atoms with Gasteiger partial charge in [-0.25, -0.2) is 4.98 Å². The molecular weight excluding hydrogens is 386 g/mol. The second kappa shape index (κ2) is 7.53. The molecule has 0 N–H and O–H groups in total. The SMILES string of the molecule is CCN(c1cccc(C)c1)c1nc(Cl)nc2scc(-c3ccc(C)c(C)c3)c12. The summed E-state index contributed by atoms with van der Waals surface area (Å²) < 4.78 is 0. The van der Waals surface area contributed by atoms with E-state index in [1.54, 1.807) is 11.3 Å². The third-order valence-corrected chi connectivity index (χ3v) is 6.13. The first-order chi connectivity index (χ1) is 13.5. The van der Waals surface area contributed by atoms with E-state index in [0.717, 1.165) is 33.8 Å². The molecule has 4 aromatic rings. The minimum absolute atomic E-state index is 0.280. The molecule has 4 rings (SSSR count). The van der Waals surface area contributed by atoms with Crippen molar-refractivity contribution in [3.8, 4) is 11.1 Å². The van der Waals surface area contributed by atoms with Crippen LogP contribution in [0.25, 0.3) is 21.3 Å². The van der Waals surface area contributed by atoms with Crippen LogP contribution in [0.1, 0.15) is 23.6 Å². The van der Waals surface area contributed by atoms with Gasteiger partial charge in [-0.1, -0.05) is 30.3 Å². The Balaban J connectivity index is 1.97. The third-order valence-electron chi connectivity index (χ3n) is 5.09. The number of fused-ring (bicyclic) bond motifs is 1. The Morgan fingerprint density at radius 2 is 1.82 bits per heavy atom. The fourth-order valence-electron chi connectivity index (χ4n) is 3.47. The van der Waals surface area contributed by atoms with Crippen molar-refractivity contribution in [3.63, 3.8) is 0 Å². The van der Waals surface area contributed by atoms with Gasteiger partial charge in [0.05, 0.1) is 5.39 Å². The molecule has 0 aliphatic heterocycles. The van der Waals surface area contributed by atoms with Crippen molar-refractivity contribution < 1.29 is 0 Å². The Morgan fingerprint density at radius 3 is 2.54 bits per heavy atom. The Bertz CT molecular complexity index is 1170. The molecule has 0 radical (unpaired) electrons. The average molecular weight is 408 g/mol. The molecule has 5 heteroatoms. The molecular formula is C23H22ClN3S. The van der Waals surface area contributed by atoms with Crippen LogP contribution in [-0.2, 0) is 0 Å². The quantitative estimate of drug-likeness (QED) is 0.338. The third kappa shape index (κ3) is 3.38. The number of aryl methyl sites for hydroxylation is 3. The van der Waals surface area contributed by atoms with Crippen molar-refractivity contribution in [2.24, 2.45) is 0 Å². The van der Waals surface area contributed by atoms with E-state index in [0.29, 0.717) is 0 Å². The summed E-state index contributed by atoms with van der Waals surface area (Å²) in [5.74, 6) is 0.859. The van der Waals surface area contributed by atoms with E-state index >= 15 is 0 Å². The van der Waals surface area contributed by atoms with Crippen LogP contribution in [0.15, 0.2) is 47.8 Å². The number of aromatic nitrogens is 2. The van der Waals surface area contributed by atoms with Crippen LogP contribution in [0.2, 0.25) is 5.28 Å². The van der Waals surface area contributed by atoms with Gasteiger partial charge in [-0.2, -0.15) is 4.98 Å². The summed E-state index contributed by atoms with van der Waals surface area (Å²) in [6.45, 7) is 9.30. The molecule has 2 aromatic heterocycles. The number of thiophene rings is 1. The van der Waals surface area contributed by atoms with Gasteiger partial charge in [-0.05, 0) is 73.7 Å². The van der Waals surface area contributed by atoms with E-state index in [2.05, 4.69) is 90.4 Å². The fourth-order valence-corrected chi connectivity index (χ4v) is 4.62. The molecule has 0 saturated carbocycles. The first-order valence-electron chi connectivity index (χ1n) is 9.34. The van der Waals surface area contributed by atoms with Crippen molar-refractivity contribution in [1.29, 1.82) is 0 Å². The lowest BCUT2D eigenvalue weighted by Gasteiger charge is -2.24. The van der Waals surface area contributed by atoms with Crippen LogP contribution in [-0.4, -0.2) is 16.5 Å². The van der Waals surface area contributed by atoms with Gasteiger partial charge in [-0.3, -0.25) is 0 Å². The number of benzene rings is 2. The molecule has 3 nitrogen and oxygen atoms in total. The number of rotatable bonds is 4. The topological polar surface area (TPSA) is 29.0 Å². The minimum atomic E-state index is 0.280. The monoisotopic (exact) mass is 407 g/mol. The van der Waals surface area contributed by atoms with E-state index < -0.39 is 0 Å². The molecule has 2 heterocycles. The molecule has 0 aliphatic carbocycles. The summed E-state index contributed by atoms with van der Waals surface area (Å²) in [7, 11) is 0. The van der Waals surface area contributed by atoms with Gasteiger partial charge >= 0.3 is 0 Å². The average Bonchev–Trinajstić information content (AvgIpc) is 3.08. The van der Waals surface area contributed by atoms with Crippen LogP contribution in [0.5, 0.6) is 0 Å². The zero-order valence-corrected chi connectivity index (χ0v) is 18.0. The first-order valence-corrected chi connectivity index (χ1v) is 10.6. The lowest BCUT2D eigenvalue weighted by atomic mass is 10.0. The van der Waals surface area contributed by atoms with E-state index in [4.69, 9.17) is 11.6 Å². The van der Waals surface area contributed by atoms with E-state index in [9.17, 15) is 0 Å². The van der Waals surface area contributed by atoms with Crippen LogP contribution in [0.4, 0.5) is 11.5 Å². The Hall–Kier alpha value is -2.43. The molecule has 0 atom stereocenters. The fraction of sp³-hybridized carbons (Fsp3) is 0.217. The van der Waals surface area contributed by atoms with Crippen LogP contribution >= 0.6 is 22.9 Å². The predicted octanol–water partition coefficient (Wildman–Crippen LogP) is 7.09. The minimum Gasteiger partial charge on any atom is -0.326 e. The maximum absolute atomic E-state index is 6.30. The number of halogens is 1. The zero-order valence-electron chi connectivity index (χ0n) is 16.5. The van der Waals surface area contributed by atoms with E-state index in [1.807, 2.05) is 0 Å². The largest absolute Gasteiger partial charge is 0.326 e. The highest BCUT2D eigenvalue weighted by molar-refractivity contribution is 7.17. The lowest BCUT2D eigenvalue weighted by molar-refractivity contribution is 0.990. The molecule has 0 aliphatic rings. The predicted molar refractivity (Wildman–Crippen MR) is 121 cm³/mol. The standard InChI is InChI=1S/C23H22ClN3S/c1-5-27(18-8-6-7-14(2)11-18)21-20-19(13-28-22(20)26-23(24)25-21)17-10-9-15(3)16(4)12-17/h6-13H,5H2,1-4H3. The zero-order chi connectivity index (χ0) is 19.8. The van der Waals surface area contributed by atoms with Crippen molar-refractivity contribution in [2.45, 2.75) is 27.7 Å². The molecule has 0 amide bonds. The van der Waals surface area contributed by atoms with Crippen molar-refractivity contribution in [2.75, 3.05) is 11.4 Å². The molecule has 142 valence electrons. The van der Waals surface area contributed by atoms with E-state index in [-0.39, 0.29) is 5.28 Å². The van der Waals surface area contributed by atoms with Gasteiger partial charge in [0.1, 0.15) is 10.6 Å². The molecule has 28 heavy (non-hydrogen) atoms. The summed E-state index contributed by atoms with van der Waals surface area (Å²) in [4.78, 5) is 12.3. The number of hydrogen-bond acceptors (Lipinski definition) is 4. The summed E-state index contributed by atoms with van der Waals surface area (Å²) in [5.41, 5.74) is 7.22. The summed E-state index contributed by atoms with van der Waals surface area (Å²) in [5, 5.41) is 3.50. The Morgan fingerprint density at radius 1 is 1.00 bits per heavy atom. The highest BCUT2D eigenvalue weighted by atomic mass is 35.5. The van der Waals surface area contributed by atoms with Gasteiger partial charge in [-0.15, -0.1) is 11.3 Å². The molecule has 0 saturated heterocycles. The highest BCUT2D eigenvalue weighted by Crippen LogP contribution is 2.41. The molecule has 0 fully saturated rings. The summed E-state index contributed by atoms with van der Waals surface area (Å²) in [6.07, 6.45) is 0. The molecule has 0 bridgehead atoms. The van der Waals surface area contributed by atoms with Gasteiger partial charge in [0.2, 0.25) is 5.28 Å².